The largest absolute Gasteiger partial charge is 0.381 e. The fourth-order valence-electron chi connectivity index (χ4n) is 3.64. The van der Waals surface area contributed by atoms with Crippen molar-refractivity contribution in [1.82, 2.24) is 9.80 Å². The molecule has 0 aromatic heterocycles. The first kappa shape index (κ1) is 15.2. The van der Waals surface area contributed by atoms with E-state index in [-0.39, 0.29) is 5.54 Å². The molecule has 0 aromatic rings. The predicted octanol–water partition coefficient (Wildman–Crippen LogP) is 1.30. The fraction of sp³-hybridized carbons (Fsp3) is 1.00. The van der Waals surface area contributed by atoms with Gasteiger partial charge in [-0.3, -0.25) is 4.90 Å². The number of nitrogens with zero attached hydrogens (tertiary/aromatic N) is 2. The molecule has 2 rings (SSSR count). The van der Waals surface area contributed by atoms with E-state index in [2.05, 4.69) is 16.8 Å². The van der Waals surface area contributed by atoms with Crippen LogP contribution in [0.15, 0.2) is 0 Å². The van der Waals surface area contributed by atoms with Crippen molar-refractivity contribution >= 4 is 0 Å². The zero-order valence-electron chi connectivity index (χ0n) is 12.7. The third-order valence-electron chi connectivity index (χ3n) is 5.34. The van der Waals surface area contributed by atoms with Crippen molar-refractivity contribution in [3.8, 4) is 0 Å². The standard InChI is InChI=1S/C15H31N3O/c1-17(11-12-18-9-3-4-10-18)15(13-16)7-5-14(19-2)6-8-15/h14H,3-13,16H2,1-2H3. The first-order valence-electron chi connectivity index (χ1n) is 7.87. The highest BCUT2D eigenvalue weighted by Crippen LogP contribution is 2.33. The third kappa shape index (κ3) is 3.69. The summed E-state index contributed by atoms with van der Waals surface area (Å²) in [4.78, 5) is 5.11. The Morgan fingerprint density at radius 1 is 1.26 bits per heavy atom. The number of hydrogen-bond donors (Lipinski definition) is 1. The van der Waals surface area contributed by atoms with Crippen molar-refractivity contribution in [1.29, 1.82) is 0 Å². The monoisotopic (exact) mass is 269 g/mol. The first-order chi connectivity index (χ1) is 9.20. The summed E-state index contributed by atoms with van der Waals surface area (Å²) in [6, 6.07) is 0. The first-order valence-corrected chi connectivity index (χ1v) is 7.87. The molecule has 0 spiro atoms. The van der Waals surface area contributed by atoms with Gasteiger partial charge in [0.15, 0.2) is 0 Å². The van der Waals surface area contributed by atoms with Crippen molar-refractivity contribution < 1.29 is 4.74 Å². The summed E-state index contributed by atoms with van der Waals surface area (Å²) in [5, 5.41) is 0. The molecule has 0 atom stereocenters. The van der Waals surface area contributed by atoms with E-state index in [1.165, 1.54) is 45.3 Å². The van der Waals surface area contributed by atoms with Crippen molar-refractivity contribution in [2.24, 2.45) is 5.73 Å². The Kier molecular flexibility index (Phi) is 5.63. The van der Waals surface area contributed by atoms with Crippen molar-refractivity contribution in [3.63, 3.8) is 0 Å². The van der Waals surface area contributed by atoms with Crippen molar-refractivity contribution in [2.45, 2.75) is 50.2 Å². The fourth-order valence-corrected chi connectivity index (χ4v) is 3.64. The summed E-state index contributed by atoms with van der Waals surface area (Å²) in [5.74, 6) is 0. The van der Waals surface area contributed by atoms with Gasteiger partial charge in [0.1, 0.15) is 0 Å². The zero-order chi connectivity index (χ0) is 13.7. The maximum Gasteiger partial charge on any atom is 0.0572 e. The van der Waals surface area contributed by atoms with E-state index in [9.17, 15) is 0 Å². The second kappa shape index (κ2) is 7.02. The molecule has 2 aliphatic rings. The minimum atomic E-state index is 0.217. The number of likely N-dealkylation sites (N-methyl/N-ethyl adjacent to an activating group) is 1. The van der Waals surface area contributed by atoms with Crippen LogP contribution in [0, 0.1) is 0 Å². The normalized spacial score (nSPS) is 33.2. The molecule has 0 bridgehead atoms. The van der Waals surface area contributed by atoms with E-state index in [0.29, 0.717) is 6.10 Å². The highest BCUT2D eigenvalue weighted by molar-refractivity contribution is 4.95. The van der Waals surface area contributed by atoms with E-state index in [0.717, 1.165) is 25.9 Å². The highest BCUT2D eigenvalue weighted by atomic mass is 16.5. The number of likely N-dealkylation sites (tertiary alicyclic amines) is 1. The molecule has 0 amide bonds. The van der Waals surface area contributed by atoms with E-state index in [1.54, 1.807) is 0 Å². The number of hydrogen-bond acceptors (Lipinski definition) is 4. The summed E-state index contributed by atoms with van der Waals surface area (Å²) in [7, 11) is 4.09. The summed E-state index contributed by atoms with van der Waals surface area (Å²) in [6.45, 7) is 5.70. The Labute approximate surface area is 118 Å². The van der Waals surface area contributed by atoms with Crippen LogP contribution in [0.2, 0.25) is 0 Å². The summed E-state index contributed by atoms with van der Waals surface area (Å²) < 4.78 is 5.48. The zero-order valence-corrected chi connectivity index (χ0v) is 12.7. The molecule has 0 aromatic carbocycles. The van der Waals surface area contributed by atoms with E-state index in [1.807, 2.05) is 7.11 Å². The number of ether oxygens (including phenoxy) is 1. The Balaban J connectivity index is 1.82. The highest BCUT2D eigenvalue weighted by Gasteiger charge is 2.37. The van der Waals surface area contributed by atoms with Gasteiger partial charge in [-0.25, -0.2) is 0 Å². The average molecular weight is 269 g/mol. The Morgan fingerprint density at radius 3 is 2.42 bits per heavy atom. The molecule has 1 heterocycles. The second-order valence-electron chi connectivity index (χ2n) is 6.33. The van der Waals surface area contributed by atoms with Crippen molar-refractivity contribution in [3.05, 3.63) is 0 Å². The van der Waals surface area contributed by atoms with Gasteiger partial charge in [-0.15, -0.1) is 0 Å². The van der Waals surface area contributed by atoms with Gasteiger partial charge < -0.3 is 15.4 Å². The molecule has 2 fully saturated rings. The lowest BCUT2D eigenvalue weighted by molar-refractivity contribution is 0.00129. The van der Waals surface area contributed by atoms with Crippen LogP contribution in [0.25, 0.3) is 0 Å². The minimum Gasteiger partial charge on any atom is -0.381 e. The molecule has 19 heavy (non-hydrogen) atoms. The summed E-state index contributed by atoms with van der Waals surface area (Å²) in [6.07, 6.45) is 7.87. The molecule has 1 aliphatic carbocycles. The Hall–Kier alpha value is -0.160. The molecule has 4 heteroatoms. The molecule has 1 aliphatic heterocycles. The second-order valence-corrected chi connectivity index (χ2v) is 6.33. The maximum absolute atomic E-state index is 6.11. The third-order valence-corrected chi connectivity index (χ3v) is 5.34. The van der Waals surface area contributed by atoms with Gasteiger partial charge in [-0.05, 0) is 58.7 Å². The Bertz CT molecular complexity index is 258. The smallest absolute Gasteiger partial charge is 0.0572 e. The van der Waals surface area contributed by atoms with Crippen LogP contribution in [-0.2, 0) is 4.74 Å². The number of methoxy groups -OCH3 is 1. The molecule has 1 saturated heterocycles. The molecule has 2 N–H and O–H groups in total. The van der Waals surface area contributed by atoms with E-state index in [4.69, 9.17) is 10.5 Å². The predicted molar refractivity (Wildman–Crippen MR) is 79.4 cm³/mol. The minimum absolute atomic E-state index is 0.217. The van der Waals surface area contributed by atoms with Crippen LogP contribution in [0.1, 0.15) is 38.5 Å². The summed E-state index contributed by atoms with van der Waals surface area (Å²) >= 11 is 0. The van der Waals surface area contributed by atoms with Crippen LogP contribution in [-0.4, -0.2) is 68.3 Å². The number of nitrogens with two attached hydrogens (primary N) is 1. The lowest BCUT2D eigenvalue weighted by atomic mass is 9.79. The average Bonchev–Trinajstić information content (AvgIpc) is 2.98. The quantitative estimate of drug-likeness (QED) is 0.789. The van der Waals surface area contributed by atoms with Gasteiger partial charge in [0.05, 0.1) is 6.10 Å². The van der Waals surface area contributed by atoms with Crippen LogP contribution in [0.4, 0.5) is 0 Å². The van der Waals surface area contributed by atoms with Crippen LogP contribution < -0.4 is 5.73 Å². The Morgan fingerprint density at radius 2 is 1.89 bits per heavy atom. The van der Waals surface area contributed by atoms with Gasteiger partial charge in [-0.1, -0.05) is 0 Å². The molecular formula is C15H31N3O. The topological polar surface area (TPSA) is 41.7 Å². The van der Waals surface area contributed by atoms with Crippen LogP contribution in [0.5, 0.6) is 0 Å². The van der Waals surface area contributed by atoms with Gasteiger partial charge >= 0.3 is 0 Å². The van der Waals surface area contributed by atoms with Crippen LogP contribution >= 0.6 is 0 Å². The summed E-state index contributed by atoms with van der Waals surface area (Å²) in [5.41, 5.74) is 6.33. The molecule has 1 saturated carbocycles. The van der Waals surface area contributed by atoms with Gasteiger partial charge in [0.2, 0.25) is 0 Å². The SMILES string of the molecule is COC1CCC(CN)(N(C)CCN2CCCC2)CC1. The lowest BCUT2D eigenvalue weighted by Crippen LogP contribution is -2.56. The molecule has 112 valence electrons. The van der Waals surface area contributed by atoms with Gasteiger partial charge in [-0.2, -0.15) is 0 Å². The van der Waals surface area contributed by atoms with Gasteiger partial charge in [0.25, 0.3) is 0 Å². The van der Waals surface area contributed by atoms with E-state index < -0.39 is 0 Å². The van der Waals surface area contributed by atoms with Gasteiger partial charge in [0, 0.05) is 32.3 Å². The lowest BCUT2D eigenvalue weighted by Gasteiger charge is -2.46. The van der Waals surface area contributed by atoms with Crippen LogP contribution in [0.3, 0.4) is 0 Å². The van der Waals surface area contributed by atoms with Crippen molar-refractivity contribution in [2.75, 3.05) is 46.9 Å². The molecule has 4 nitrogen and oxygen atoms in total. The number of rotatable bonds is 6. The molecule has 0 radical (unpaired) electrons. The maximum atomic E-state index is 6.11. The molecule has 0 unspecified atom stereocenters. The van der Waals surface area contributed by atoms with E-state index >= 15 is 0 Å². The molecular weight excluding hydrogens is 238 g/mol.